The topological polar surface area (TPSA) is 37.3 Å². The molecule has 25 heavy (non-hydrogen) atoms. The van der Waals surface area contributed by atoms with E-state index in [2.05, 4.69) is 19.1 Å². The zero-order valence-electron chi connectivity index (χ0n) is 15.6. The number of carboxylic acids is 1. The molecule has 0 rings (SSSR count). The lowest BCUT2D eigenvalue weighted by molar-refractivity contribution is -0.131. The number of aliphatic carboxylic acids is 1. The third-order valence-corrected chi connectivity index (χ3v) is 3.60. The number of hydrogen-bond donors (Lipinski definition) is 1. The Bertz CT molecular complexity index is 476. The normalized spacial score (nSPS) is 13.0. The Balaban J connectivity index is 3.54. The second kappa shape index (κ2) is 20.0. The molecule has 0 atom stereocenters. The molecule has 0 aromatic carbocycles. The highest BCUT2D eigenvalue weighted by molar-refractivity contribution is 5.80. The molecule has 0 aromatic heterocycles. The fraction of sp³-hybridized carbons (Fsp3) is 0.435. The number of unbranched alkanes of at least 4 members (excludes halogenated alkanes) is 8. The number of carbonyl (C=O) groups is 1. The summed E-state index contributed by atoms with van der Waals surface area (Å²) >= 11 is 0. The summed E-state index contributed by atoms with van der Waals surface area (Å²) in [6.07, 6.45) is 34.2. The fourth-order valence-corrected chi connectivity index (χ4v) is 2.22. The summed E-state index contributed by atoms with van der Waals surface area (Å²) in [5.41, 5.74) is 0. The predicted molar refractivity (Wildman–Crippen MR) is 110 cm³/mol. The second-order valence-corrected chi connectivity index (χ2v) is 5.93. The maximum Gasteiger partial charge on any atom is 0.328 e. The quantitative estimate of drug-likeness (QED) is 0.199. The van der Waals surface area contributed by atoms with Crippen LogP contribution in [0.5, 0.6) is 0 Å². The lowest BCUT2D eigenvalue weighted by Crippen LogP contribution is -1.84. The molecule has 0 saturated heterocycles. The zero-order valence-corrected chi connectivity index (χ0v) is 15.6. The van der Waals surface area contributed by atoms with Crippen LogP contribution >= 0.6 is 0 Å². The first-order chi connectivity index (χ1) is 12.3. The number of rotatable bonds is 15. The van der Waals surface area contributed by atoms with Crippen LogP contribution in [-0.2, 0) is 4.79 Å². The number of hydrogen-bond acceptors (Lipinski definition) is 1. The smallest absolute Gasteiger partial charge is 0.328 e. The highest BCUT2D eigenvalue weighted by Gasteiger charge is 1.89. The average Bonchev–Trinajstić information content (AvgIpc) is 2.60. The fourth-order valence-electron chi connectivity index (χ4n) is 2.22. The van der Waals surface area contributed by atoms with Gasteiger partial charge in [0.1, 0.15) is 0 Å². The van der Waals surface area contributed by atoms with Crippen molar-refractivity contribution in [3.05, 3.63) is 72.9 Å². The van der Waals surface area contributed by atoms with Gasteiger partial charge in [-0.05, 0) is 12.8 Å². The molecule has 0 heterocycles. The molecule has 0 aliphatic carbocycles. The van der Waals surface area contributed by atoms with Crippen molar-refractivity contribution in [3.63, 3.8) is 0 Å². The Labute approximate surface area is 154 Å². The SMILES string of the molecule is CCCCCCCCCC/C=C/C=C\C=C/C=C/C=C\C=C\C(=O)O. The van der Waals surface area contributed by atoms with Gasteiger partial charge in [0.25, 0.3) is 0 Å². The first-order valence-electron chi connectivity index (χ1n) is 9.50. The van der Waals surface area contributed by atoms with Crippen LogP contribution < -0.4 is 0 Å². The third-order valence-electron chi connectivity index (χ3n) is 3.60. The van der Waals surface area contributed by atoms with Crippen LogP contribution in [0.1, 0.15) is 64.7 Å². The molecule has 0 radical (unpaired) electrons. The molecular weight excluding hydrogens is 308 g/mol. The molecule has 0 bridgehead atoms. The van der Waals surface area contributed by atoms with Gasteiger partial charge in [-0.1, -0.05) is 119 Å². The average molecular weight is 343 g/mol. The van der Waals surface area contributed by atoms with Gasteiger partial charge in [-0.15, -0.1) is 0 Å². The Morgan fingerprint density at radius 3 is 1.60 bits per heavy atom. The first-order valence-corrected chi connectivity index (χ1v) is 9.50. The van der Waals surface area contributed by atoms with Crippen LogP contribution in [0.2, 0.25) is 0 Å². The Morgan fingerprint density at radius 1 is 0.640 bits per heavy atom. The number of carboxylic acid groups (broad SMARTS) is 1. The standard InChI is InChI=1S/C23H34O2/c1-2-3-4-5-6-7-8-9-10-11-12-13-14-15-16-17-18-19-20-21-22-23(24)25/h11-22H,2-10H2,1H3,(H,24,25)/b12-11+,14-13-,16-15-,18-17+,20-19-,22-21+. The maximum absolute atomic E-state index is 10.2. The summed E-state index contributed by atoms with van der Waals surface area (Å²) in [5.74, 6) is -0.936. The van der Waals surface area contributed by atoms with Crippen LogP contribution in [-0.4, -0.2) is 11.1 Å². The number of allylic oxidation sites excluding steroid dienone is 11. The highest BCUT2D eigenvalue weighted by atomic mass is 16.4. The summed E-state index contributed by atoms with van der Waals surface area (Å²) in [5, 5.41) is 8.40. The minimum absolute atomic E-state index is 0.936. The van der Waals surface area contributed by atoms with Gasteiger partial charge in [0.15, 0.2) is 0 Å². The Hall–Kier alpha value is -2.09. The lowest BCUT2D eigenvalue weighted by Gasteiger charge is -1.99. The summed E-state index contributed by atoms with van der Waals surface area (Å²) in [6.45, 7) is 2.26. The Morgan fingerprint density at radius 2 is 1.08 bits per heavy atom. The van der Waals surface area contributed by atoms with Crippen molar-refractivity contribution in [1.29, 1.82) is 0 Å². The van der Waals surface area contributed by atoms with Gasteiger partial charge >= 0.3 is 5.97 Å². The summed E-state index contributed by atoms with van der Waals surface area (Å²) in [6, 6.07) is 0. The van der Waals surface area contributed by atoms with E-state index in [0.717, 1.165) is 12.5 Å². The molecule has 0 spiro atoms. The van der Waals surface area contributed by atoms with E-state index in [0.29, 0.717) is 0 Å². The van der Waals surface area contributed by atoms with Gasteiger partial charge in [0.2, 0.25) is 0 Å². The highest BCUT2D eigenvalue weighted by Crippen LogP contribution is 2.09. The van der Waals surface area contributed by atoms with E-state index < -0.39 is 5.97 Å². The van der Waals surface area contributed by atoms with Gasteiger partial charge in [-0.25, -0.2) is 4.79 Å². The second-order valence-electron chi connectivity index (χ2n) is 5.93. The molecule has 0 aliphatic heterocycles. The van der Waals surface area contributed by atoms with E-state index in [9.17, 15) is 4.79 Å². The molecule has 0 fully saturated rings. The van der Waals surface area contributed by atoms with Crippen LogP contribution in [0.15, 0.2) is 72.9 Å². The van der Waals surface area contributed by atoms with Crippen molar-refractivity contribution in [3.8, 4) is 0 Å². The molecular formula is C23H34O2. The monoisotopic (exact) mass is 342 g/mol. The molecule has 0 saturated carbocycles. The first kappa shape index (κ1) is 22.9. The molecule has 2 heteroatoms. The molecule has 0 aliphatic rings. The van der Waals surface area contributed by atoms with E-state index in [1.807, 2.05) is 36.5 Å². The predicted octanol–water partition coefficient (Wildman–Crippen LogP) is 6.94. The van der Waals surface area contributed by atoms with Crippen molar-refractivity contribution < 1.29 is 9.90 Å². The van der Waals surface area contributed by atoms with Gasteiger partial charge in [0.05, 0.1) is 0 Å². The van der Waals surface area contributed by atoms with Crippen molar-refractivity contribution >= 4 is 5.97 Å². The van der Waals surface area contributed by atoms with Crippen molar-refractivity contribution in [1.82, 2.24) is 0 Å². The van der Waals surface area contributed by atoms with Crippen LogP contribution in [0.25, 0.3) is 0 Å². The van der Waals surface area contributed by atoms with Crippen LogP contribution in [0.4, 0.5) is 0 Å². The molecule has 1 N–H and O–H groups in total. The van der Waals surface area contributed by atoms with Crippen molar-refractivity contribution in [2.45, 2.75) is 64.7 Å². The van der Waals surface area contributed by atoms with E-state index in [1.165, 1.54) is 57.4 Å². The molecule has 0 amide bonds. The zero-order chi connectivity index (χ0) is 18.4. The summed E-state index contributed by atoms with van der Waals surface area (Å²) in [7, 11) is 0. The van der Waals surface area contributed by atoms with Gasteiger partial charge in [0, 0.05) is 6.08 Å². The third kappa shape index (κ3) is 21.9. The van der Waals surface area contributed by atoms with E-state index in [4.69, 9.17) is 5.11 Å². The largest absolute Gasteiger partial charge is 0.478 e. The van der Waals surface area contributed by atoms with Gasteiger partial charge in [-0.2, -0.15) is 0 Å². The molecule has 0 aromatic rings. The van der Waals surface area contributed by atoms with Crippen LogP contribution in [0, 0.1) is 0 Å². The van der Waals surface area contributed by atoms with Crippen molar-refractivity contribution in [2.75, 3.05) is 0 Å². The van der Waals surface area contributed by atoms with Gasteiger partial charge in [-0.3, -0.25) is 0 Å². The van der Waals surface area contributed by atoms with Crippen LogP contribution in [0.3, 0.4) is 0 Å². The minimum Gasteiger partial charge on any atom is -0.478 e. The molecule has 138 valence electrons. The maximum atomic E-state index is 10.2. The summed E-state index contributed by atoms with van der Waals surface area (Å²) < 4.78 is 0. The van der Waals surface area contributed by atoms with Gasteiger partial charge < -0.3 is 5.11 Å². The van der Waals surface area contributed by atoms with E-state index >= 15 is 0 Å². The molecule has 0 unspecified atom stereocenters. The molecule has 2 nitrogen and oxygen atoms in total. The van der Waals surface area contributed by atoms with Crippen molar-refractivity contribution in [2.24, 2.45) is 0 Å². The lowest BCUT2D eigenvalue weighted by atomic mass is 10.1. The summed E-state index contributed by atoms with van der Waals surface area (Å²) in [4.78, 5) is 10.2. The van der Waals surface area contributed by atoms with E-state index in [-0.39, 0.29) is 0 Å². The Kier molecular flexibility index (Phi) is 18.3. The van der Waals surface area contributed by atoms with E-state index in [1.54, 1.807) is 12.2 Å². The minimum atomic E-state index is -0.936.